The minimum Gasteiger partial charge on any atom is -0.326 e. The van der Waals surface area contributed by atoms with Crippen LogP contribution < -0.4 is 5.73 Å². The summed E-state index contributed by atoms with van der Waals surface area (Å²) in [5.74, 6) is 0.606. The molecule has 2 nitrogen and oxygen atoms in total. The lowest BCUT2D eigenvalue weighted by molar-refractivity contribution is 0.124. The smallest absolute Gasteiger partial charge is 0.0191 e. The lowest BCUT2D eigenvalue weighted by atomic mass is 9.96. The van der Waals surface area contributed by atoms with Gasteiger partial charge in [0, 0.05) is 18.6 Å². The summed E-state index contributed by atoms with van der Waals surface area (Å²) in [7, 11) is 0. The molecule has 0 aromatic heterocycles. The third-order valence-corrected chi connectivity index (χ3v) is 3.67. The van der Waals surface area contributed by atoms with E-state index in [9.17, 15) is 0 Å². The largest absolute Gasteiger partial charge is 0.326 e. The average Bonchev–Trinajstić information content (AvgIpc) is 2.21. The molecule has 1 heterocycles. The van der Waals surface area contributed by atoms with Crippen molar-refractivity contribution in [2.24, 2.45) is 11.7 Å². The molecular formula is C13H28N2. The van der Waals surface area contributed by atoms with Crippen LogP contribution in [0.1, 0.15) is 52.9 Å². The average molecular weight is 212 g/mol. The van der Waals surface area contributed by atoms with Gasteiger partial charge in [-0.15, -0.1) is 0 Å². The Morgan fingerprint density at radius 2 is 2.07 bits per heavy atom. The molecule has 1 saturated heterocycles. The normalized spacial score (nSPS) is 25.8. The summed E-state index contributed by atoms with van der Waals surface area (Å²) < 4.78 is 0. The Labute approximate surface area is 95.2 Å². The zero-order valence-electron chi connectivity index (χ0n) is 10.7. The summed E-state index contributed by atoms with van der Waals surface area (Å²) in [5, 5.41) is 0. The number of hydrogen-bond donors (Lipinski definition) is 1. The van der Waals surface area contributed by atoms with E-state index in [2.05, 4.69) is 25.7 Å². The molecule has 1 aliphatic rings. The summed E-state index contributed by atoms with van der Waals surface area (Å²) >= 11 is 0. The second kappa shape index (κ2) is 6.49. The lowest BCUT2D eigenvalue weighted by Crippen LogP contribution is -2.47. The molecule has 2 heteroatoms. The van der Waals surface area contributed by atoms with Gasteiger partial charge in [0.1, 0.15) is 0 Å². The monoisotopic (exact) mass is 212 g/mol. The van der Waals surface area contributed by atoms with Gasteiger partial charge in [0.25, 0.3) is 0 Å². The molecule has 0 aromatic rings. The maximum atomic E-state index is 6.16. The molecule has 1 rings (SSSR count). The van der Waals surface area contributed by atoms with Gasteiger partial charge in [-0.3, -0.25) is 4.90 Å². The Bertz CT molecular complexity index is 166. The highest BCUT2D eigenvalue weighted by Crippen LogP contribution is 2.21. The zero-order chi connectivity index (χ0) is 11.3. The number of likely N-dealkylation sites (tertiary alicyclic amines) is 1. The van der Waals surface area contributed by atoms with Gasteiger partial charge in [-0.25, -0.2) is 0 Å². The van der Waals surface area contributed by atoms with Crippen molar-refractivity contribution in [3.05, 3.63) is 0 Å². The third-order valence-electron chi connectivity index (χ3n) is 3.67. The number of nitrogens with two attached hydrogens (primary N) is 1. The molecule has 0 saturated carbocycles. The molecule has 0 aromatic carbocycles. The van der Waals surface area contributed by atoms with Gasteiger partial charge in [0.15, 0.2) is 0 Å². The lowest BCUT2D eigenvalue weighted by Gasteiger charge is -2.38. The van der Waals surface area contributed by atoms with Gasteiger partial charge in [0.2, 0.25) is 0 Å². The number of piperidine rings is 1. The van der Waals surface area contributed by atoms with E-state index in [1.165, 1.54) is 38.6 Å². The van der Waals surface area contributed by atoms with Crippen molar-refractivity contribution in [2.75, 3.05) is 13.1 Å². The SMILES string of the molecule is CCCC1CCCCN1CC(N)C(C)C. The van der Waals surface area contributed by atoms with Crippen LogP contribution in [0.25, 0.3) is 0 Å². The number of nitrogens with zero attached hydrogens (tertiary/aromatic N) is 1. The van der Waals surface area contributed by atoms with Gasteiger partial charge < -0.3 is 5.73 Å². The quantitative estimate of drug-likeness (QED) is 0.759. The Morgan fingerprint density at radius 1 is 1.33 bits per heavy atom. The Morgan fingerprint density at radius 3 is 2.67 bits per heavy atom. The van der Waals surface area contributed by atoms with E-state index in [4.69, 9.17) is 5.73 Å². The maximum absolute atomic E-state index is 6.16. The first-order chi connectivity index (χ1) is 7.15. The molecule has 0 radical (unpaired) electrons. The van der Waals surface area contributed by atoms with Gasteiger partial charge >= 0.3 is 0 Å². The molecule has 90 valence electrons. The summed E-state index contributed by atoms with van der Waals surface area (Å²) in [4.78, 5) is 2.64. The van der Waals surface area contributed by atoms with E-state index in [0.29, 0.717) is 12.0 Å². The van der Waals surface area contributed by atoms with Crippen molar-refractivity contribution in [2.45, 2.75) is 65.0 Å². The van der Waals surface area contributed by atoms with Crippen molar-refractivity contribution in [1.29, 1.82) is 0 Å². The van der Waals surface area contributed by atoms with Crippen molar-refractivity contribution < 1.29 is 0 Å². The van der Waals surface area contributed by atoms with Crippen LogP contribution >= 0.6 is 0 Å². The summed E-state index contributed by atoms with van der Waals surface area (Å²) in [6.45, 7) is 9.11. The van der Waals surface area contributed by atoms with Crippen LogP contribution in [0.2, 0.25) is 0 Å². The van der Waals surface area contributed by atoms with Crippen LogP contribution in [-0.2, 0) is 0 Å². The van der Waals surface area contributed by atoms with Crippen LogP contribution in [0, 0.1) is 5.92 Å². The standard InChI is InChI=1S/C13H28N2/c1-4-7-12-8-5-6-9-15(12)10-13(14)11(2)3/h11-13H,4-10,14H2,1-3H3. The topological polar surface area (TPSA) is 29.3 Å². The van der Waals surface area contributed by atoms with Crippen molar-refractivity contribution in [1.82, 2.24) is 4.90 Å². The number of hydrogen-bond acceptors (Lipinski definition) is 2. The second-order valence-corrected chi connectivity index (χ2v) is 5.34. The molecule has 1 fully saturated rings. The molecule has 2 unspecified atom stereocenters. The van der Waals surface area contributed by atoms with Crippen LogP contribution in [-0.4, -0.2) is 30.1 Å². The van der Waals surface area contributed by atoms with E-state index in [1.807, 2.05) is 0 Å². The van der Waals surface area contributed by atoms with Gasteiger partial charge in [-0.1, -0.05) is 33.6 Å². The fraction of sp³-hybridized carbons (Fsp3) is 1.00. The summed E-state index contributed by atoms with van der Waals surface area (Å²) in [6, 6.07) is 1.16. The first-order valence-corrected chi connectivity index (χ1v) is 6.64. The van der Waals surface area contributed by atoms with Crippen LogP contribution in [0.15, 0.2) is 0 Å². The zero-order valence-corrected chi connectivity index (χ0v) is 10.7. The summed E-state index contributed by atoms with van der Waals surface area (Å²) in [5.41, 5.74) is 6.16. The predicted octanol–water partition coefficient (Wildman–Crippen LogP) is 2.62. The Balaban J connectivity index is 2.41. The van der Waals surface area contributed by atoms with Crippen LogP contribution in [0.4, 0.5) is 0 Å². The Hall–Kier alpha value is -0.0800. The molecule has 2 N–H and O–H groups in total. The minimum absolute atomic E-state index is 0.349. The summed E-state index contributed by atoms with van der Waals surface area (Å²) in [6.07, 6.45) is 6.82. The highest BCUT2D eigenvalue weighted by molar-refractivity contribution is 4.80. The predicted molar refractivity (Wildman–Crippen MR) is 66.9 cm³/mol. The first-order valence-electron chi connectivity index (χ1n) is 6.64. The molecule has 0 spiro atoms. The molecule has 0 bridgehead atoms. The fourth-order valence-corrected chi connectivity index (χ4v) is 2.44. The third kappa shape index (κ3) is 4.12. The molecule has 1 aliphatic heterocycles. The molecule has 0 amide bonds. The highest BCUT2D eigenvalue weighted by Gasteiger charge is 2.23. The molecule has 15 heavy (non-hydrogen) atoms. The van der Waals surface area contributed by atoms with Crippen molar-refractivity contribution in [3.63, 3.8) is 0 Å². The van der Waals surface area contributed by atoms with E-state index in [-0.39, 0.29) is 0 Å². The maximum Gasteiger partial charge on any atom is 0.0191 e. The van der Waals surface area contributed by atoms with E-state index >= 15 is 0 Å². The Kier molecular flexibility index (Phi) is 5.62. The molecular weight excluding hydrogens is 184 g/mol. The first kappa shape index (κ1) is 13.0. The second-order valence-electron chi connectivity index (χ2n) is 5.34. The van der Waals surface area contributed by atoms with Crippen molar-refractivity contribution >= 4 is 0 Å². The van der Waals surface area contributed by atoms with E-state index < -0.39 is 0 Å². The van der Waals surface area contributed by atoms with Gasteiger partial charge in [0.05, 0.1) is 0 Å². The minimum atomic E-state index is 0.349. The van der Waals surface area contributed by atoms with Crippen molar-refractivity contribution in [3.8, 4) is 0 Å². The number of rotatable bonds is 5. The van der Waals surface area contributed by atoms with Crippen LogP contribution in [0.5, 0.6) is 0 Å². The van der Waals surface area contributed by atoms with E-state index in [1.54, 1.807) is 0 Å². The van der Waals surface area contributed by atoms with Crippen LogP contribution in [0.3, 0.4) is 0 Å². The molecule has 0 aliphatic carbocycles. The van der Waals surface area contributed by atoms with E-state index in [0.717, 1.165) is 12.6 Å². The fourth-order valence-electron chi connectivity index (χ4n) is 2.44. The van der Waals surface area contributed by atoms with Gasteiger partial charge in [-0.2, -0.15) is 0 Å². The highest BCUT2D eigenvalue weighted by atomic mass is 15.2. The van der Waals surface area contributed by atoms with Gasteiger partial charge in [-0.05, 0) is 31.7 Å². The molecule has 2 atom stereocenters.